The number of aryl methyl sites for hydroxylation is 2. The molecule has 4 rings (SSSR count). The molecule has 1 aliphatic rings. The van der Waals surface area contributed by atoms with Crippen molar-refractivity contribution in [2.75, 3.05) is 7.11 Å². The Morgan fingerprint density at radius 3 is 2.18 bits per heavy atom. The second-order valence-electron chi connectivity index (χ2n) is 11.1. The zero-order valence-electron chi connectivity index (χ0n) is 23.9. The van der Waals surface area contributed by atoms with Crippen LogP contribution in [0.25, 0.3) is 17.2 Å². The van der Waals surface area contributed by atoms with Crippen LogP contribution in [0.5, 0.6) is 0 Å². The van der Waals surface area contributed by atoms with Crippen LogP contribution in [-0.4, -0.2) is 23.8 Å². The Morgan fingerprint density at radius 2 is 1.62 bits per heavy atom. The number of carbonyl (C=O) groups excluding carboxylic acids is 1. The van der Waals surface area contributed by atoms with Crippen molar-refractivity contribution in [1.29, 1.82) is 0 Å². The van der Waals surface area contributed by atoms with E-state index in [4.69, 9.17) is 0 Å². The quantitative estimate of drug-likeness (QED) is 0.284. The lowest BCUT2D eigenvalue weighted by atomic mass is 9.69. The zero-order chi connectivity index (χ0) is 28.2. The molecule has 0 saturated heterocycles. The Labute approximate surface area is 232 Å². The van der Waals surface area contributed by atoms with Gasteiger partial charge in [0.15, 0.2) is 0 Å². The Hall–Kier alpha value is -3.24. The number of hydrogen-bond donors (Lipinski definition) is 1. The van der Waals surface area contributed by atoms with Gasteiger partial charge in [0.05, 0.1) is 19.1 Å². The fourth-order valence-electron chi connectivity index (χ4n) is 6.16. The molecule has 1 N–H and O–H groups in total. The van der Waals surface area contributed by atoms with Crippen LogP contribution in [0.15, 0.2) is 60.7 Å². The van der Waals surface area contributed by atoms with Crippen LogP contribution in [0.3, 0.4) is 0 Å². The van der Waals surface area contributed by atoms with Crippen LogP contribution in [0.2, 0.25) is 0 Å². The fraction of sp³-hybridized carbons (Fsp3) is 0.400. The first kappa shape index (κ1) is 28.8. The van der Waals surface area contributed by atoms with Gasteiger partial charge in [0.25, 0.3) is 0 Å². The Balaban J connectivity index is 1.64. The number of rotatable bonds is 9. The van der Waals surface area contributed by atoms with Gasteiger partial charge in [-0.25, -0.2) is 4.39 Å². The molecule has 0 spiro atoms. The number of benzene rings is 3. The van der Waals surface area contributed by atoms with Crippen LogP contribution < -0.4 is 0 Å². The average molecular weight is 529 g/mol. The van der Waals surface area contributed by atoms with E-state index in [1.807, 2.05) is 12.1 Å². The molecular weight excluding hydrogens is 487 g/mol. The monoisotopic (exact) mass is 528 g/mol. The predicted octanol–water partition coefficient (Wildman–Crippen LogP) is 8.25. The molecule has 1 fully saturated rings. The van der Waals surface area contributed by atoms with E-state index in [1.54, 1.807) is 6.07 Å². The van der Waals surface area contributed by atoms with Gasteiger partial charge in [0, 0.05) is 5.41 Å². The minimum absolute atomic E-state index is 0.0784. The number of esters is 1. The third kappa shape index (κ3) is 6.01. The molecule has 3 aromatic rings. The Kier molecular flexibility index (Phi) is 8.76. The number of ether oxygens (including phenoxy) is 1. The Bertz CT molecular complexity index is 1360. The third-order valence-electron chi connectivity index (χ3n) is 8.78. The van der Waals surface area contributed by atoms with Gasteiger partial charge < -0.3 is 9.84 Å². The van der Waals surface area contributed by atoms with Crippen molar-refractivity contribution in [3.8, 4) is 11.1 Å². The number of carbonyl (C=O) groups is 1. The van der Waals surface area contributed by atoms with Crippen molar-refractivity contribution in [2.24, 2.45) is 0 Å². The molecule has 0 heterocycles. The van der Waals surface area contributed by atoms with Crippen molar-refractivity contribution >= 4 is 12.0 Å². The van der Waals surface area contributed by atoms with Gasteiger partial charge in [-0.1, -0.05) is 87.4 Å². The SMILES string of the molecule is CCC(CC)(c1ccc(C=CC2(O)CCCC2)c(C)c1)c1ccc(-c2ccc(CC(=O)OC)c(F)c2)c(C)c1. The van der Waals surface area contributed by atoms with Crippen LogP contribution >= 0.6 is 0 Å². The van der Waals surface area contributed by atoms with Crippen molar-refractivity contribution < 1.29 is 19.0 Å². The first-order chi connectivity index (χ1) is 18.6. The minimum Gasteiger partial charge on any atom is -0.469 e. The molecule has 0 atom stereocenters. The molecule has 0 amide bonds. The molecule has 3 aromatic carbocycles. The summed E-state index contributed by atoms with van der Waals surface area (Å²) in [4.78, 5) is 11.6. The van der Waals surface area contributed by atoms with Crippen LogP contribution in [0.4, 0.5) is 4.39 Å². The number of hydrogen-bond acceptors (Lipinski definition) is 3. The second-order valence-corrected chi connectivity index (χ2v) is 11.1. The lowest BCUT2D eigenvalue weighted by Gasteiger charge is -2.34. The van der Waals surface area contributed by atoms with E-state index < -0.39 is 17.4 Å². The highest BCUT2D eigenvalue weighted by atomic mass is 19.1. The van der Waals surface area contributed by atoms with Crippen molar-refractivity contribution in [3.05, 3.63) is 99.9 Å². The molecule has 1 aliphatic carbocycles. The van der Waals surface area contributed by atoms with E-state index in [0.29, 0.717) is 5.56 Å². The van der Waals surface area contributed by atoms with Crippen LogP contribution in [0.1, 0.15) is 85.8 Å². The van der Waals surface area contributed by atoms with Gasteiger partial charge in [-0.3, -0.25) is 4.79 Å². The van der Waals surface area contributed by atoms with Crippen LogP contribution in [0, 0.1) is 19.7 Å². The van der Waals surface area contributed by atoms with E-state index in [2.05, 4.69) is 74.9 Å². The third-order valence-corrected chi connectivity index (χ3v) is 8.78. The van der Waals surface area contributed by atoms with Gasteiger partial charge in [0.2, 0.25) is 0 Å². The molecule has 3 nitrogen and oxygen atoms in total. The first-order valence-corrected chi connectivity index (χ1v) is 14.1. The highest BCUT2D eigenvalue weighted by Gasteiger charge is 2.32. The van der Waals surface area contributed by atoms with Crippen molar-refractivity contribution in [3.63, 3.8) is 0 Å². The van der Waals surface area contributed by atoms with Gasteiger partial charge in [-0.15, -0.1) is 0 Å². The summed E-state index contributed by atoms with van der Waals surface area (Å²) in [7, 11) is 1.31. The predicted molar refractivity (Wildman–Crippen MR) is 157 cm³/mol. The minimum atomic E-state index is -0.661. The Morgan fingerprint density at radius 1 is 0.974 bits per heavy atom. The molecule has 0 radical (unpaired) electrons. The lowest BCUT2D eigenvalue weighted by Crippen LogP contribution is -2.26. The normalized spacial score (nSPS) is 15.2. The van der Waals surface area contributed by atoms with Crippen molar-refractivity contribution in [2.45, 2.75) is 83.7 Å². The number of methoxy groups -OCH3 is 1. The topological polar surface area (TPSA) is 46.5 Å². The summed E-state index contributed by atoms with van der Waals surface area (Å²) in [5.74, 6) is -0.856. The maximum Gasteiger partial charge on any atom is 0.310 e. The fourth-order valence-corrected chi connectivity index (χ4v) is 6.16. The van der Waals surface area contributed by atoms with E-state index in [-0.39, 0.29) is 11.8 Å². The summed E-state index contributed by atoms with van der Waals surface area (Å²) >= 11 is 0. The standard InChI is InChI=1S/C35H41FO3/c1-6-35(7-2,29-13-12-26(24(3)20-29)16-19-34(38)17-8-9-18-34)30-14-15-31(25(4)21-30)27-10-11-28(32(36)22-27)23-33(37)39-5/h10-16,19-22,38H,6-9,17-18,23H2,1-5H3. The van der Waals surface area contributed by atoms with Crippen molar-refractivity contribution in [1.82, 2.24) is 0 Å². The highest BCUT2D eigenvalue weighted by Crippen LogP contribution is 2.41. The molecular formula is C35H41FO3. The molecule has 4 heteroatoms. The zero-order valence-corrected chi connectivity index (χ0v) is 23.9. The van der Waals surface area contributed by atoms with Crippen LogP contribution in [-0.2, 0) is 21.4 Å². The average Bonchev–Trinajstić information content (AvgIpc) is 3.37. The number of aliphatic hydroxyl groups is 1. The summed E-state index contributed by atoms with van der Waals surface area (Å²) in [6, 6.07) is 18.3. The van der Waals surface area contributed by atoms with E-state index >= 15 is 0 Å². The maximum absolute atomic E-state index is 14.8. The van der Waals surface area contributed by atoms with Gasteiger partial charge >= 0.3 is 5.97 Å². The van der Waals surface area contributed by atoms with E-state index in [9.17, 15) is 14.3 Å². The van der Waals surface area contributed by atoms with E-state index in [1.165, 1.54) is 29.9 Å². The van der Waals surface area contributed by atoms with Gasteiger partial charge in [-0.05, 0) is 90.1 Å². The number of halogens is 1. The smallest absolute Gasteiger partial charge is 0.310 e. The van der Waals surface area contributed by atoms with E-state index in [0.717, 1.165) is 60.8 Å². The maximum atomic E-state index is 14.8. The molecule has 1 saturated carbocycles. The summed E-state index contributed by atoms with van der Waals surface area (Å²) in [5.41, 5.74) is 7.26. The summed E-state index contributed by atoms with van der Waals surface area (Å²) in [5, 5.41) is 10.7. The van der Waals surface area contributed by atoms with Gasteiger partial charge in [-0.2, -0.15) is 0 Å². The molecule has 0 aromatic heterocycles. The van der Waals surface area contributed by atoms with Gasteiger partial charge in [0.1, 0.15) is 5.82 Å². The summed E-state index contributed by atoms with van der Waals surface area (Å²) in [6.45, 7) is 8.69. The molecule has 0 aliphatic heterocycles. The summed E-state index contributed by atoms with van der Waals surface area (Å²) < 4.78 is 19.4. The summed E-state index contributed by atoms with van der Waals surface area (Å²) in [6.07, 6.45) is 9.75. The molecule has 0 bridgehead atoms. The largest absolute Gasteiger partial charge is 0.469 e. The second kappa shape index (κ2) is 11.9. The molecule has 39 heavy (non-hydrogen) atoms. The molecule has 0 unspecified atom stereocenters. The molecule has 206 valence electrons. The highest BCUT2D eigenvalue weighted by molar-refractivity contribution is 5.74. The lowest BCUT2D eigenvalue weighted by molar-refractivity contribution is -0.139. The first-order valence-electron chi connectivity index (χ1n) is 14.1.